The lowest BCUT2D eigenvalue weighted by atomic mass is 9.97. The van der Waals surface area contributed by atoms with Crippen LogP contribution in [0.1, 0.15) is 32.7 Å². The van der Waals surface area contributed by atoms with Crippen LogP contribution >= 0.6 is 15.9 Å². The third kappa shape index (κ3) is 2.65. The van der Waals surface area contributed by atoms with Crippen LogP contribution in [0.3, 0.4) is 0 Å². The van der Waals surface area contributed by atoms with Crippen molar-refractivity contribution < 1.29 is 14.7 Å². The van der Waals surface area contributed by atoms with Gasteiger partial charge in [0.25, 0.3) is 0 Å². The number of hydrogen-bond acceptors (Lipinski definition) is 2. The van der Waals surface area contributed by atoms with E-state index in [-0.39, 0.29) is 11.3 Å². The van der Waals surface area contributed by atoms with Crippen LogP contribution in [0.2, 0.25) is 0 Å². The Balaban J connectivity index is 3.24. The second-order valence-electron chi connectivity index (χ2n) is 3.16. The maximum absolute atomic E-state index is 11.7. The van der Waals surface area contributed by atoms with E-state index in [1.165, 1.54) is 6.07 Å². The Bertz CT molecular complexity index is 399. The monoisotopic (exact) mass is 270 g/mol. The summed E-state index contributed by atoms with van der Waals surface area (Å²) in [6.07, 6.45) is 0.311. The standard InChI is InChI=1S/C11H11BrO3/c1-7-3-2-4-8(11(14)15)10(7)9(13)5-6-12/h2-4H,5-6H2,1H3,(H,14,15). The zero-order chi connectivity index (χ0) is 11.4. The molecular formula is C11H11BrO3. The molecule has 15 heavy (non-hydrogen) atoms. The Labute approximate surface area is 96.2 Å². The number of Topliss-reactive ketones (excluding diaryl/α,β-unsaturated/α-hetero) is 1. The van der Waals surface area contributed by atoms with E-state index in [4.69, 9.17) is 5.11 Å². The fourth-order valence-electron chi connectivity index (χ4n) is 1.43. The summed E-state index contributed by atoms with van der Waals surface area (Å²) < 4.78 is 0. The van der Waals surface area contributed by atoms with Gasteiger partial charge in [0.05, 0.1) is 5.56 Å². The van der Waals surface area contributed by atoms with Crippen LogP contribution in [0.4, 0.5) is 0 Å². The average Bonchev–Trinajstić information content (AvgIpc) is 2.17. The van der Waals surface area contributed by atoms with Crippen molar-refractivity contribution in [2.75, 3.05) is 5.33 Å². The quantitative estimate of drug-likeness (QED) is 0.676. The summed E-state index contributed by atoms with van der Waals surface area (Å²) in [7, 11) is 0. The third-order valence-corrected chi connectivity index (χ3v) is 2.50. The van der Waals surface area contributed by atoms with Crippen molar-refractivity contribution >= 4 is 27.7 Å². The van der Waals surface area contributed by atoms with E-state index >= 15 is 0 Å². The molecule has 0 unspecified atom stereocenters. The van der Waals surface area contributed by atoms with E-state index in [2.05, 4.69) is 15.9 Å². The Kier molecular flexibility index (Phi) is 4.03. The minimum atomic E-state index is -1.06. The summed E-state index contributed by atoms with van der Waals surface area (Å²) in [6, 6.07) is 4.84. The Hall–Kier alpha value is -1.16. The molecule has 1 N–H and O–H groups in total. The summed E-state index contributed by atoms with van der Waals surface area (Å²) >= 11 is 3.17. The van der Waals surface area contributed by atoms with Gasteiger partial charge in [0.15, 0.2) is 5.78 Å². The van der Waals surface area contributed by atoms with Gasteiger partial charge in [-0.25, -0.2) is 4.79 Å². The number of hydrogen-bond donors (Lipinski definition) is 1. The Morgan fingerprint density at radius 3 is 2.60 bits per heavy atom. The molecule has 0 saturated heterocycles. The molecule has 80 valence electrons. The molecule has 0 saturated carbocycles. The van der Waals surface area contributed by atoms with E-state index in [1.54, 1.807) is 19.1 Å². The summed E-state index contributed by atoms with van der Waals surface area (Å²) in [5, 5.41) is 9.48. The van der Waals surface area contributed by atoms with Gasteiger partial charge in [-0.1, -0.05) is 28.1 Å². The number of aryl methyl sites for hydroxylation is 1. The second-order valence-corrected chi connectivity index (χ2v) is 3.96. The molecule has 0 spiro atoms. The number of carbonyl (C=O) groups excluding carboxylic acids is 1. The smallest absolute Gasteiger partial charge is 0.336 e. The number of aromatic carboxylic acids is 1. The number of carboxylic acid groups (broad SMARTS) is 1. The van der Waals surface area contributed by atoms with Crippen LogP contribution in [-0.4, -0.2) is 22.2 Å². The van der Waals surface area contributed by atoms with Crippen molar-refractivity contribution in [2.24, 2.45) is 0 Å². The molecule has 0 heterocycles. The fraction of sp³-hybridized carbons (Fsp3) is 0.273. The maximum Gasteiger partial charge on any atom is 0.336 e. The highest BCUT2D eigenvalue weighted by Gasteiger charge is 2.17. The molecular weight excluding hydrogens is 260 g/mol. The molecule has 4 heteroatoms. The number of benzene rings is 1. The molecule has 0 aliphatic heterocycles. The minimum Gasteiger partial charge on any atom is -0.478 e. The summed E-state index contributed by atoms with van der Waals surface area (Å²) in [6.45, 7) is 1.74. The molecule has 0 bridgehead atoms. The Morgan fingerprint density at radius 2 is 2.07 bits per heavy atom. The highest BCUT2D eigenvalue weighted by atomic mass is 79.9. The average molecular weight is 271 g/mol. The third-order valence-electron chi connectivity index (χ3n) is 2.10. The first-order valence-electron chi connectivity index (χ1n) is 4.50. The van der Waals surface area contributed by atoms with Gasteiger partial charge < -0.3 is 5.11 Å². The normalized spacial score (nSPS) is 10.0. The van der Waals surface area contributed by atoms with Crippen LogP contribution < -0.4 is 0 Å². The Morgan fingerprint density at radius 1 is 1.40 bits per heavy atom. The van der Waals surface area contributed by atoms with E-state index < -0.39 is 5.97 Å². The van der Waals surface area contributed by atoms with Gasteiger partial charge in [0, 0.05) is 17.3 Å². The number of halogens is 1. The summed E-state index contributed by atoms with van der Waals surface area (Å²) in [4.78, 5) is 22.6. The fourth-order valence-corrected chi connectivity index (χ4v) is 1.79. The number of carboxylic acids is 1. The van der Waals surface area contributed by atoms with Crippen LogP contribution in [0.25, 0.3) is 0 Å². The van der Waals surface area contributed by atoms with Gasteiger partial charge in [-0.2, -0.15) is 0 Å². The molecule has 0 aromatic heterocycles. The van der Waals surface area contributed by atoms with Crippen molar-refractivity contribution in [3.63, 3.8) is 0 Å². The molecule has 3 nitrogen and oxygen atoms in total. The van der Waals surface area contributed by atoms with E-state index in [0.717, 1.165) is 0 Å². The van der Waals surface area contributed by atoms with Crippen LogP contribution in [0.5, 0.6) is 0 Å². The lowest BCUT2D eigenvalue weighted by Gasteiger charge is -2.07. The topological polar surface area (TPSA) is 54.4 Å². The van der Waals surface area contributed by atoms with Crippen LogP contribution in [-0.2, 0) is 0 Å². The number of ketones is 1. The van der Waals surface area contributed by atoms with Crippen molar-refractivity contribution in [3.05, 3.63) is 34.9 Å². The van der Waals surface area contributed by atoms with Crippen LogP contribution in [0.15, 0.2) is 18.2 Å². The van der Waals surface area contributed by atoms with Gasteiger partial charge in [0.1, 0.15) is 0 Å². The number of rotatable bonds is 4. The van der Waals surface area contributed by atoms with Crippen molar-refractivity contribution in [2.45, 2.75) is 13.3 Å². The molecule has 0 aliphatic rings. The molecule has 1 aromatic carbocycles. The summed E-state index contributed by atoms with van der Waals surface area (Å²) in [5.41, 5.74) is 1.12. The molecule has 0 radical (unpaired) electrons. The minimum absolute atomic E-state index is 0.0842. The lowest BCUT2D eigenvalue weighted by molar-refractivity contribution is 0.0691. The van der Waals surface area contributed by atoms with Crippen molar-refractivity contribution in [3.8, 4) is 0 Å². The van der Waals surface area contributed by atoms with Gasteiger partial charge in [-0.3, -0.25) is 4.79 Å². The molecule has 0 amide bonds. The van der Waals surface area contributed by atoms with Crippen molar-refractivity contribution in [1.82, 2.24) is 0 Å². The van der Waals surface area contributed by atoms with Gasteiger partial charge in [-0.15, -0.1) is 0 Å². The summed E-state index contributed by atoms with van der Waals surface area (Å²) in [5.74, 6) is -1.20. The molecule has 1 aromatic rings. The van der Waals surface area contributed by atoms with E-state index in [0.29, 0.717) is 22.9 Å². The zero-order valence-corrected chi connectivity index (χ0v) is 9.87. The first-order chi connectivity index (χ1) is 7.07. The predicted molar refractivity (Wildman–Crippen MR) is 60.9 cm³/mol. The second kappa shape index (κ2) is 5.07. The van der Waals surface area contributed by atoms with Crippen LogP contribution in [0, 0.1) is 6.92 Å². The van der Waals surface area contributed by atoms with Gasteiger partial charge in [-0.05, 0) is 18.6 Å². The molecule has 1 rings (SSSR count). The highest BCUT2D eigenvalue weighted by molar-refractivity contribution is 9.09. The first-order valence-corrected chi connectivity index (χ1v) is 5.62. The van der Waals surface area contributed by atoms with Gasteiger partial charge >= 0.3 is 5.97 Å². The lowest BCUT2D eigenvalue weighted by Crippen LogP contribution is -2.10. The van der Waals surface area contributed by atoms with Crippen molar-refractivity contribution in [1.29, 1.82) is 0 Å². The number of alkyl halides is 1. The zero-order valence-electron chi connectivity index (χ0n) is 8.29. The molecule has 0 fully saturated rings. The molecule has 0 atom stereocenters. The SMILES string of the molecule is Cc1cccc(C(=O)O)c1C(=O)CCBr. The van der Waals surface area contributed by atoms with E-state index in [1.807, 2.05) is 0 Å². The number of carbonyl (C=O) groups is 2. The maximum atomic E-state index is 11.7. The first kappa shape index (κ1) is 11.9. The predicted octanol–water partition coefficient (Wildman–Crippen LogP) is 2.66. The largest absolute Gasteiger partial charge is 0.478 e. The van der Waals surface area contributed by atoms with E-state index in [9.17, 15) is 9.59 Å². The molecule has 0 aliphatic carbocycles. The highest BCUT2D eigenvalue weighted by Crippen LogP contribution is 2.16. The van der Waals surface area contributed by atoms with Gasteiger partial charge in [0.2, 0.25) is 0 Å².